The molecule has 1 nitrogen and oxygen atoms in total. The Morgan fingerprint density at radius 1 is 1.31 bits per heavy atom. The van der Waals surface area contributed by atoms with Crippen molar-refractivity contribution in [1.29, 1.82) is 0 Å². The first-order valence-corrected chi connectivity index (χ1v) is 7.27. The van der Waals surface area contributed by atoms with Gasteiger partial charge in [-0.3, -0.25) is 0 Å². The van der Waals surface area contributed by atoms with Crippen LogP contribution in [0, 0.1) is 11.2 Å². The Bertz CT molecular complexity index is 301. The molecule has 0 unspecified atom stereocenters. The van der Waals surface area contributed by atoms with Crippen LogP contribution >= 0.6 is 30.1 Å². The second-order valence-electron chi connectivity index (χ2n) is 1.82. The Balaban J connectivity index is 0.000000671. The number of aromatic hydroxyl groups is 1. The van der Waals surface area contributed by atoms with E-state index in [4.69, 9.17) is 0 Å². The van der Waals surface area contributed by atoms with Crippen LogP contribution in [0.1, 0.15) is 19.4 Å². The number of hydrogen-bond acceptors (Lipinski definition) is 2. The summed E-state index contributed by atoms with van der Waals surface area (Å²) in [7, 11) is 1.40. The summed E-state index contributed by atoms with van der Waals surface area (Å²) in [4.78, 5) is 0. The lowest BCUT2D eigenvalue weighted by Crippen LogP contribution is -1.72. The Kier molecular flexibility index (Phi) is 8.05. The van der Waals surface area contributed by atoms with Crippen LogP contribution in [0.2, 0.25) is 0 Å². The van der Waals surface area contributed by atoms with Crippen LogP contribution in [0.25, 0.3) is 0 Å². The summed E-state index contributed by atoms with van der Waals surface area (Å²) in [5.41, 5.74) is 0.677. The molecule has 0 fully saturated rings. The first kappa shape index (κ1) is 12.7. The number of rotatable bonds is 0. The van der Waals surface area contributed by atoms with Crippen molar-refractivity contribution in [2.75, 3.05) is 0 Å². The zero-order valence-corrected chi connectivity index (χ0v) is 10.5. The smallest absolute Gasteiger partial charge is 0.131 e. The number of benzene rings is 1. The van der Waals surface area contributed by atoms with Gasteiger partial charge in [-0.1, -0.05) is 31.9 Å². The zero-order valence-electron chi connectivity index (χ0n) is 7.54. The van der Waals surface area contributed by atoms with Crippen LogP contribution in [-0.2, 0) is 0 Å². The van der Waals surface area contributed by atoms with E-state index in [1.165, 1.54) is 8.93 Å². The molecule has 1 aromatic rings. The van der Waals surface area contributed by atoms with E-state index in [-0.39, 0.29) is 5.75 Å². The normalized spacial score (nSPS) is 7.62. The molecule has 0 bridgehead atoms. The number of halogens is 1. The molecule has 0 heterocycles. The maximum absolute atomic E-state index is 9.22. The van der Waals surface area contributed by atoms with E-state index in [2.05, 4.69) is 32.4 Å². The van der Waals surface area contributed by atoms with Crippen LogP contribution in [0.4, 0.5) is 0 Å². The number of phenols is 1. The van der Waals surface area contributed by atoms with Gasteiger partial charge in [-0.15, -0.1) is 0 Å². The molecule has 0 aliphatic rings. The third-order valence-corrected chi connectivity index (χ3v) is 1.97. The van der Waals surface area contributed by atoms with Crippen molar-refractivity contribution in [3.05, 3.63) is 29.8 Å². The fraction of sp³-hybridized carbons (Fsp3) is 0.200. The Labute approximate surface area is 95.5 Å². The number of hydrogen-bond donors (Lipinski definition) is 1. The molecule has 1 aromatic carbocycles. The standard InChI is InChI=1S/C8H5IOS.C2H6/c9-11-6-5-7-3-1-2-4-8(7)10;1-2/h1-4,10H;1-2H3. The van der Waals surface area contributed by atoms with E-state index in [1.54, 1.807) is 18.2 Å². The van der Waals surface area contributed by atoms with E-state index >= 15 is 0 Å². The van der Waals surface area contributed by atoms with Gasteiger partial charge in [0.15, 0.2) is 0 Å². The fourth-order valence-electron chi connectivity index (χ4n) is 0.654. The molecule has 0 saturated heterocycles. The fourth-order valence-corrected chi connectivity index (χ4v) is 1.13. The molecule has 0 aliphatic carbocycles. The molecule has 0 radical (unpaired) electrons. The lowest BCUT2D eigenvalue weighted by molar-refractivity contribution is 0.474. The third kappa shape index (κ3) is 5.06. The van der Waals surface area contributed by atoms with Crippen LogP contribution in [0.15, 0.2) is 24.3 Å². The molecule has 70 valence electrons. The molecule has 1 N–H and O–H groups in total. The van der Waals surface area contributed by atoms with Crippen molar-refractivity contribution in [1.82, 2.24) is 0 Å². The predicted octanol–water partition coefficient (Wildman–Crippen LogP) is 3.81. The Hall–Kier alpha value is -0.340. The summed E-state index contributed by atoms with van der Waals surface area (Å²) in [6.07, 6.45) is 0. The first-order chi connectivity index (χ1) is 6.34. The van der Waals surface area contributed by atoms with Gasteiger partial charge in [-0.05, 0) is 26.3 Å². The van der Waals surface area contributed by atoms with Gasteiger partial charge < -0.3 is 5.11 Å². The Morgan fingerprint density at radius 3 is 2.46 bits per heavy atom. The molecule has 0 aromatic heterocycles. The average Bonchev–Trinajstić information content (AvgIpc) is 2.20. The van der Waals surface area contributed by atoms with Crippen LogP contribution in [-0.4, -0.2) is 5.11 Å². The van der Waals surface area contributed by atoms with Gasteiger partial charge in [0.1, 0.15) is 5.75 Å². The molecule has 0 atom stereocenters. The van der Waals surface area contributed by atoms with Crippen molar-refractivity contribution in [3.8, 4) is 16.9 Å². The highest BCUT2D eigenvalue weighted by Crippen LogP contribution is 2.15. The summed E-state index contributed by atoms with van der Waals surface area (Å²) in [6, 6.07) is 7.04. The maximum atomic E-state index is 9.22. The second kappa shape index (κ2) is 8.27. The summed E-state index contributed by atoms with van der Waals surface area (Å²) in [6.45, 7) is 4.00. The van der Waals surface area contributed by atoms with Gasteiger partial charge in [0.05, 0.1) is 5.56 Å². The minimum Gasteiger partial charge on any atom is -0.507 e. The largest absolute Gasteiger partial charge is 0.507 e. The summed E-state index contributed by atoms with van der Waals surface area (Å²) in [5.74, 6) is 3.06. The molecular weight excluding hydrogens is 295 g/mol. The van der Waals surface area contributed by atoms with E-state index in [1.807, 2.05) is 19.9 Å². The quantitative estimate of drug-likeness (QED) is 0.581. The maximum Gasteiger partial charge on any atom is 0.131 e. The zero-order chi connectivity index (χ0) is 10.1. The van der Waals surface area contributed by atoms with Crippen molar-refractivity contribution < 1.29 is 5.11 Å². The summed E-state index contributed by atoms with van der Waals surface area (Å²) in [5, 5.41) is 12.0. The molecule has 0 saturated carbocycles. The van der Waals surface area contributed by atoms with Gasteiger partial charge >= 0.3 is 0 Å². The topological polar surface area (TPSA) is 20.2 Å². The van der Waals surface area contributed by atoms with Crippen LogP contribution in [0.3, 0.4) is 0 Å². The SMILES string of the molecule is CC.Oc1ccccc1C#CSI. The lowest BCUT2D eigenvalue weighted by atomic mass is 10.2. The lowest BCUT2D eigenvalue weighted by Gasteiger charge is -1.92. The van der Waals surface area contributed by atoms with Crippen LogP contribution < -0.4 is 0 Å². The molecule has 1 rings (SSSR count). The van der Waals surface area contributed by atoms with E-state index < -0.39 is 0 Å². The first-order valence-electron chi connectivity index (χ1n) is 3.91. The minimum atomic E-state index is 0.241. The van der Waals surface area contributed by atoms with E-state index in [9.17, 15) is 5.11 Å². The van der Waals surface area contributed by atoms with E-state index in [0.29, 0.717) is 5.56 Å². The average molecular weight is 306 g/mol. The predicted molar refractivity (Wildman–Crippen MR) is 67.9 cm³/mol. The molecule has 3 heteroatoms. The number of phenolic OH excluding ortho intramolecular Hbond substituents is 1. The van der Waals surface area contributed by atoms with Crippen molar-refractivity contribution in [2.24, 2.45) is 0 Å². The highest BCUT2D eigenvalue weighted by Gasteiger charge is 1.92. The molecule has 0 spiro atoms. The second-order valence-corrected chi connectivity index (χ2v) is 3.50. The van der Waals surface area contributed by atoms with Gasteiger partial charge in [-0.2, -0.15) is 0 Å². The molecule has 0 amide bonds. The minimum absolute atomic E-state index is 0.241. The van der Waals surface area contributed by atoms with Crippen molar-refractivity contribution in [2.45, 2.75) is 13.8 Å². The number of para-hydroxylation sites is 1. The van der Waals surface area contributed by atoms with Gasteiger partial charge in [-0.25, -0.2) is 0 Å². The van der Waals surface area contributed by atoms with Crippen molar-refractivity contribution >= 4 is 30.1 Å². The van der Waals surface area contributed by atoms with Crippen molar-refractivity contribution in [3.63, 3.8) is 0 Å². The summed E-state index contributed by atoms with van der Waals surface area (Å²) >= 11 is 2.09. The highest BCUT2D eigenvalue weighted by atomic mass is 127. The van der Waals surface area contributed by atoms with Gasteiger partial charge in [0, 0.05) is 21.2 Å². The summed E-state index contributed by atoms with van der Waals surface area (Å²) < 4.78 is 0. The highest BCUT2D eigenvalue weighted by molar-refractivity contribution is 14.2. The molecular formula is C10H11IOS. The monoisotopic (exact) mass is 306 g/mol. The van der Waals surface area contributed by atoms with Gasteiger partial charge in [0.25, 0.3) is 0 Å². The van der Waals surface area contributed by atoms with Gasteiger partial charge in [0.2, 0.25) is 0 Å². The van der Waals surface area contributed by atoms with Crippen LogP contribution in [0.5, 0.6) is 5.75 Å². The third-order valence-electron chi connectivity index (χ3n) is 1.13. The Morgan fingerprint density at radius 2 is 1.92 bits per heavy atom. The molecule has 0 aliphatic heterocycles. The van der Waals surface area contributed by atoms with E-state index in [0.717, 1.165) is 0 Å². The molecule has 13 heavy (non-hydrogen) atoms.